The van der Waals surface area contributed by atoms with Crippen molar-refractivity contribution in [1.82, 2.24) is 0 Å². The molecule has 2 atom stereocenters. The lowest BCUT2D eigenvalue weighted by Crippen LogP contribution is -2.31. The van der Waals surface area contributed by atoms with Crippen LogP contribution in [0, 0.1) is 5.92 Å². The minimum Gasteiger partial charge on any atom is -0.484 e. The van der Waals surface area contributed by atoms with Crippen molar-refractivity contribution in [2.45, 2.75) is 25.1 Å². The summed E-state index contributed by atoms with van der Waals surface area (Å²) >= 11 is 0. The molecule has 0 bridgehead atoms. The number of benzene rings is 1. The van der Waals surface area contributed by atoms with Gasteiger partial charge in [0.2, 0.25) is 0 Å². The van der Waals surface area contributed by atoms with Crippen LogP contribution in [0.25, 0.3) is 0 Å². The summed E-state index contributed by atoms with van der Waals surface area (Å²) in [5, 5.41) is 0. The van der Waals surface area contributed by atoms with Gasteiger partial charge >= 0.3 is 6.18 Å². The fourth-order valence-corrected chi connectivity index (χ4v) is 2.17. The van der Waals surface area contributed by atoms with E-state index in [0.29, 0.717) is 0 Å². The summed E-state index contributed by atoms with van der Waals surface area (Å²) < 4.78 is 43.5. The monoisotopic (exact) mass is 257 g/mol. The highest BCUT2D eigenvalue weighted by molar-refractivity contribution is 5.78. The maximum absolute atomic E-state index is 12.9. The third kappa shape index (κ3) is 2.83. The molecule has 2 unspecified atom stereocenters. The van der Waals surface area contributed by atoms with Crippen molar-refractivity contribution < 1.29 is 17.9 Å². The van der Waals surface area contributed by atoms with Gasteiger partial charge in [0.15, 0.2) is 5.90 Å². The maximum Gasteiger partial charge on any atom is 0.394 e. The van der Waals surface area contributed by atoms with Crippen LogP contribution >= 0.6 is 0 Å². The van der Waals surface area contributed by atoms with Crippen molar-refractivity contribution in [2.75, 3.05) is 7.11 Å². The Morgan fingerprint density at radius 3 is 2.50 bits per heavy atom. The Kier molecular flexibility index (Phi) is 3.59. The lowest BCUT2D eigenvalue weighted by atomic mass is 9.93. The van der Waals surface area contributed by atoms with Crippen LogP contribution in [0.3, 0.4) is 0 Å². The van der Waals surface area contributed by atoms with Crippen LogP contribution in [0.2, 0.25) is 0 Å². The van der Waals surface area contributed by atoms with Crippen molar-refractivity contribution in [3.63, 3.8) is 0 Å². The molecule has 18 heavy (non-hydrogen) atoms. The van der Waals surface area contributed by atoms with Gasteiger partial charge in [0, 0.05) is 6.42 Å². The molecule has 2 nitrogen and oxygen atoms in total. The second-order valence-corrected chi connectivity index (χ2v) is 4.34. The zero-order valence-electron chi connectivity index (χ0n) is 9.95. The largest absolute Gasteiger partial charge is 0.484 e. The average Bonchev–Trinajstić information content (AvgIpc) is 2.73. The van der Waals surface area contributed by atoms with Crippen molar-refractivity contribution >= 4 is 5.90 Å². The number of rotatable bonds is 2. The Balaban J connectivity index is 2.15. The number of hydrogen-bond acceptors (Lipinski definition) is 2. The lowest BCUT2D eigenvalue weighted by molar-refractivity contribution is -0.175. The van der Waals surface area contributed by atoms with Crippen LogP contribution in [0.15, 0.2) is 35.3 Å². The van der Waals surface area contributed by atoms with Crippen LogP contribution in [-0.2, 0) is 11.2 Å². The van der Waals surface area contributed by atoms with Crippen LogP contribution in [0.4, 0.5) is 13.2 Å². The molecule has 0 radical (unpaired) electrons. The van der Waals surface area contributed by atoms with E-state index in [4.69, 9.17) is 4.74 Å². The molecule has 98 valence electrons. The van der Waals surface area contributed by atoms with Crippen molar-refractivity contribution in [1.29, 1.82) is 0 Å². The van der Waals surface area contributed by atoms with Gasteiger partial charge in [-0.1, -0.05) is 30.3 Å². The molecule has 0 fully saturated rings. The molecule has 1 aliphatic heterocycles. The van der Waals surface area contributed by atoms with E-state index in [2.05, 4.69) is 4.99 Å². The fraction of sp³-hybridized carbons (Fsp3) is 0.462. The Labute approximate surface area is 103 Å². The normalized spacial score (nSPS) is 23.9. The number of hydrogen-bond donors (Lipinski definition) is 0. The zero-order valence-corrected chi connectivity index (χ0v) is 9.95. The van der Waals surface area contributed by atoms with Gasteiger partial charge in [-0.25, -0.2) is 0 Å². The van der Waals surface area contributed by atoms with Crippen LogP contribution in [0.5, 0.6) is 0 Å². The predicted molar refractivity (Wildman–Crippen MR) is 62.5 cm³/mol. The molecule has 1 heterocycles. The molecule has 0 saturated heterocycles. The second kappa shape index (κ2) is 5.00. The Bertz CT molecular complexity index is 428. The molecule has 0 N–H and O–H groups in total. The Morgan fingerprint density at radius 1 is 1.28 bits per heavy atom. The van der Waals surface area contributed by atoms with E-state index in [1.165, 1.54) is 7.11 Å². The second-order valence-electron chi connectivity index (χ2n) is 4.34. The minimum atomic E-state index is -4.23. The summed E-state index contributed by atoms with van der Waals surface area (Å²) in [7, 11) is 1.36. The summed E-state index contributed by atoms with van der Waals surface area (Å²) in [6, 6.07) is 8.31. The third-order valence-corrected chi connectivity index (χ3v) is 3.11. The molecule has 2 rings (SSSR count). The van der Waals surface area contributed by atoms with Crippen LogP contribution in [-0.4, -0.2) is 25.2 Å². The van der Waals surface area contributed by atoms with Gasteiger partial charge in [-0.15, -0.1) is 0 Å². The highest BCUT2D eigenvalue weighted by atomic mass is 19.4. The van der Waals surface area contributed by atoms with E-state index in [9.17, 15) is 13.2 Å². The number of nitrogens with zero attached hydrogens (tertiary/aromatic N) is 1. The minimum absolute atomic E-state index is 0.155. The molecule has 0 aromatic heterocycles. The van der Waals surface area contributed by atoms with Gasteiger partial charge in [-0.3, -0.25) is 4.99 Å². The topological polar surface area (TPSA) is 21.6 Å². The van der Waals surface area contributed by atoms with E-state index in [-0.39, 0.29) is 18.7 Å². The summed E-state index contributed by atoms with van der Waals surface area (Å²) in [6.45, 7) is 0. The molecule has 0 aliphatic carbocycles. The van der Waals surface area contributed by atoms with E-state index in [1.54, 1.807) is 0 Å². The van der Waals surface area contributed by atoms with Gasteiger partial charge in [0.25, 0.3) is 0 Å². The van der Waals surface area contributed by atoms with Crippen molar-refractivity contribution in [2.24, 2.45) is 10.9 Å². The summed E-state index contributed by atoms with van der Waals surface area (Å²) in [5.41, 5.74) is 0.859. The fourth-order valence-electron chi connectivity index (χ4n) is 2.17. The van der Waals surface area contributed by atoms with E-state index < -0.39 is 18.1 Å². The number of alkyl halides is 3. The van der Waals surface area contributed by atoms with E-state index >= 15 is 0 Å². The number of methoxy groups -OCH3 is 1. The molecule has 1 aromatic rings. The van der Waals surface area contributed by atoms with Gasteiger partial charge in [-0.05, 0) is 12.0 Å². The molecular formula is C13H14F3NO. The van der Waals surface area contributed by atoms with Gasteiger partial charge in [0.05, 0.1) is 19.1 Å². The molecule has 0 saturated carbocycles. The van der Waals surface area contributed by atoms with Gasteiger partial charge in [0.1, 0.15) is 0 Å². The number of aliphatic imine (C=N–C) groups is 1. The van der Waals surface area contributed by atoms with E-state index in [0.717, 1.165) is 5.56 Å². The molecule has 5 heteroatoms. The quantitative estimate of drug-likeness (QED) is 0.797. The first kappa shape index (κ1) is 12.9. The van der Waals surface area contributed by atoms with Crippen molar-refractivity contribution in [3.8, 4) is 0 Å². The molecular weight excluding hydrogens is 243 g/mol. The zero-order chi connectivity index (χ0) is 13.2. The molecule has 0 amide bonds. The van der Waals surface area contributed by atoms with E-state index in [1.807, 2.05) is 30.3 Å². The Hall–Kier alpha value is -1.52. The molecule has 1 aromatic carbocycles. The third-order valence-electron chi connectivity index (χ3n) is 3.11. The predicted octanol–water partition coefficient (Wildman–Crippen LogP) is 3.22. The first-order chi connectivity index (χ1) is 8.50. The van der Waals surface area contributed by atoms with Gasteiger partial charge < -0.3 is 4.74 Å². The smallest absolute Gasteiger partial charge is 0.394 e. The first-order valence-corrected chi connectivity index (χ1v) is 5.72. The lowest BCUT2D eigenvalue weighted by Gasteiger charge is -2.20. The highest BCUT2D eigenvalue weighted by Crippen LogP contribution is 2.38. The number of ether oxygens (including phenoxy) is 1. The molecule has 1 aliphatic rings. The highest BCUT2D eigenvalue weighted by Gasteiger charge is 2.48. The van der Waals surface area contributed by atoms with Crippen molar-refractivity contribution in [3.05, 3.63) is 35.9 Å². The van der Waals surface area contributed by atoms with Gasteiger partial charge in [-0.2, -0.15) is 13.2 Å². The Morgan fingerprint density at radius 2 is 1.94 bits per heavy atom. The van der Waals surface area contributed by atoms with Crippen LogP contribution in [0.1, 0.15) is 12.0 Å². The van der Waals surface area contributed by atoms with Crippen LogP contribution < -0.4 is 0 Å². The number of halogens is 3. The standard InChI is InChI=1S/C13H14F3NO/c1-18-12-8-10(13(14,15)16)11(17-12)7-9-5-3-2-4-6-9/h2-6,10-11H,7-8H2,1H3. The summed E-state index contributed by atoms with van der Waals surface area (Å²) in [6.07, 6.45) is -4.10. The summed E-state index contributed by atoms with van der Waals surface area (Å²) in [5.74, 6) is -1.24. The average molecular weight is 257 g/mol. The summed E-state index contributed by atoms with van der Waals surface area (Å²) in [4.78, 5) is 4.02. The first-order valence-electron chi connectivity index (χ1n) is 5.72. The maximum atomic E-state index is 12.9. The SMILES string of the molecule is COC1=NC(Cc2ccccc2)C(C(F)(F)F)C1. The molecule has 0 spiro atoms.